The van der Waals surface area contributed by atoms with Gasteiger partial charge in [0.15, 0.2) is 0 Å². The van der Waals surface area contributed by atoms with Crippen molar-refractivity contribution in [2.45, 2.75) is 0 Å². The second-order valence-corrected chi connectivity index (χ2v) is 4.00. The van der Waals surface area contributed by atoms with Crippen LogP contribution in [0.2, 0.25) is 5.15 Å². The highest BCUT2D eigenvalue weighted by Gasteiger charge is 2.06. The SMILES string of the molecule is On1c(Cl)cc2c(I)cccc21. The molecule has 0 spiro atoms. The Morgan fingerprint density at radius 2 is 2.17 bits per heavy atom. The van der Waals surface area contributed by atoms with E-state index < -0.39 is 0 Å². The lowest BCUT2D eigenvalue weighted by atomic mass is 10.3. The maximum absolute atomic E-state index is 9.40. The Labute approximate surface area is 87.8 Å². The first kappa shape index (κ1) is 8.19. The molecule has 0 aliphatic heterocycles. The Kier molecular flexibility index (Phi) is 1.92. The van der Waals surface area contributed by atoms with Gasteiger partial charge >= 0.3 is 0 Å². The molecular formula is C8H5ClINO. The fraction of sp³-hybridized carbons (Fsp3) is 0. The Bertz CT molecular complexity index is 438. The summed E-state index contributed by atoms with van der Waals surface area (Å²) in [5.41, 5.74) is 0.743. The van der Waals surface area contributed by atoms with Gasteiger partial charge in [-0.3, -0.25) is 0 Å². The maximum Gasteiger partial charge on any atom is 0.146 e. The molecule has 0 fully saturated rings. The molecule has 0 aliphatic rings. The molecule has 0 aliphatic carbocycles. The van der Waals surface area contributed by atoms with Gasteiger partial charge in [0, 0.05) is 8.96 Å². The molecule has 0 saturated carbocycles. The highest BCUT2D eigenvalue weighted by atomic mass is 127. The van der Waals surface area contributed by atoms with E-state index in [1.54, 1.807) is 6.07 Å². The van der Waals surface area contributed by atoms with E-state index in [0.29, 0.717) is 5.15 Å². The van der Waals surface area contributed by atoms with Gasteiger partial charge in [0.2, 0.25) is 0 Å². The molecule has 2 rings (SSSR count). The lowest BCUT2D eigenvalue weighted by Gasteiger charge is -1.95. The van der Waals surface area contributed by atoms with Crippen LogP contribution in [0.3, 0.4) is 0 Å². The third kappa shape index (κ3) is 1.08. The molecular weight excluding hydrogens is 288 g/mol. The van der Waals surface area contributed by atoms with Crippen molar-refractivity contribution in [1.29, 1.82) is 0 Å². The van der Waals surface area contributed by atoms with Gasteiger partial charge in [-0.1, -0.05) is 17.7 Å². The highest BCUT2D eigenvalue weighted by molar-refractivity contribution is 14.1. The van der Waals surface area contributed by atoms with Gasteiger partial charge in [-0.05, 0) is 40.8 Å². The summed E-state index contributed by atoms with van der Waals surface area (Å²) in [6.07, 6.45) is 0. The summed E-state index contributed by atoms with van der Waals surface area (Å²) in [5.74, 6) is 0. The number of fused-ring (bicyclic) bond motifs is 1. The van der Waals surface area contributed by atoms with E-state index in [1.165, 1.54) is 0 Å². The van der Waals surface area contributed by atoms with Crippen LogP contribution in [-0.2, 0) is 0 Å². The largest absolute Gasteiger partial charge is 0.427 e. The Morgan fingerprint density at radius 1 is 1.42 bits per heavy atom. The molecule has 0 bridgehead atoms. The van der Waals surface area contributed by atoms with Gasteiger partial charge in [0.05, 0.1) is 5.52 Å². The summed E-state index contributed by atoms with van der Waals surface area (Å²) in [6, 6.07) is 7.43. The number of rotatable bonds is 0. The molecule has 2 aromatic rings. The van der Waals surface area contributed by atoms with Crippen molar-refractivity contribution in [3.63, 3.8) is 0 Å². The summed E-state index contributed by atoms with van der Waals surface area (Å²) >= 11 is 7.94. The maximum atomic E-state index is 9.40. The number of nitrogens with zero attached hydrogens (tertiary/aromatic N) is 1. The molecule has 62 valence electrons. The second-order valence-electron chi connectivity index (χ2n) is 2.45. The normalized spacial score (nSPS) is 10.8. The first-order valence-electron chi connectivity index (χ1n) is 3.35. The Morgan fingerprint density at radius 3 is 2.83 bits per heavy atom. The van der Waals surface area contributed by atoms with E-state index in [1.807, 2.05) is 18.2 Å². The van der Waals surface area contributed by atoms with Crippen molar-refractivity contribution in [2.75, 3.05) is 0 Å². The van der Waals surface area contributed by atoms with Crippen molar-refractivity contribution in [3.8, 4) is 0 Å². The molecule has 2 nitrogen and oxygen atoms in total. The molecule has 0 radical (unpaired) electrons. The summed E-state index contributed by atoms with van der Waals surface area (Å²) in [6.45, 7) is 0. The van der Waals surface area contributed by atoms with Gasteiger partial charge in [0.25, 0.3) is 0 Å². The van der Waals surface area contributed by atoms with E-state index in [0.717, 1.165) is 19.2 Å². The molecule has 1 aromatic carbocycles. The smallest absolute Gasteiger partial charge is 0.146 e. The number of hydrogen-bond acceptors (Lipinski definition) is 1. The summed E-state index contributed by atoms with van der Waals surface area (Å²) in [7, 11) is 0. The average molecular weight is 293 g/mol. The summed E-state index contributed by atoms with van der Waals surface area (Å²) in [4.78, 5) is 0. The first-order chi connectivity index (χ1) is 5.70. The lowest BCUT2D eigenvalue weighted by Crippen LogP contribution is -1.87. The van der Waals surface area contributed by atoms with Crippen LogP contribution < -0.4 is 0 Å². The van der Waals surface area contributed by atoms with Crippen LogP contribution in [0.1, 0.15) is 0 Å². The molecule has 1 N–H and O–H groups in total. The average Bonchev–Trinajstić information content (AvgIpc) is 2.32. The molecule has 0 amide bonds. The zero-order chi connectivity index (χ0) is 8.72. The fourth-order valence-corrected chi connectivity index (χ4v) is 1.99. The minimum Gasteiger partial charge on any atom is -0.427 e. The Balaban J connectivity index is 2.95. The van der Waals surface area contributed by atoms with E-state index in [-0.39, 0.29) is 0 Å². The zero-order valence-corrected chi connectivity index (χ0v) is 8.87. The monoisotopic (exact) mass is 293 g/mol. The molecule has 1 aromatic heterocycles. The van der Waals surface area contributed by atoms with Crippen molar-refractivity contribution in [2.24, 2.45) is 0 Å². The van der Waals surface area contributed by atoms with Gasteiger partial charge in [-0.15, -0.1) is 0 Å². The highest BCUT2D eigenvalue weighted by Crippen LogP contribution is 2.25. The summed E-state index contributed by atoms with van der Waals surface area (Å²) < 4.78 is 2.07. The van der Waals surface area contributed by atoms with E-state index in [9.17, 15) is 5.21 Å². The van der Waals surface area contributed by atoms with Crippen LogP contribution in [0.15, 0.2) is 24.3 Å². The van der Waals surface area contributed by atoms with Crippen LogP contribution in [0.5, 0.6) is 0 Å². The number of hydrogen-bond donors (Lipinski definition) is 1. The van der Waals surface area contributed by atoms with Crippen molar-refractivity contribution >= 4 is 45.1 Å². The Hall–Kier alpha value is -0.420. The van der Waals surface area contributed by atoms with Gasteiger partial charge < -0.3 is 5.21 Å². The third-order valence-corrected chi connectivity index (χ3v) is 2.93. The minimum atomic E-state index is 0.342. The molecule has 1 heterocycles. The predicted octanol–water partition coefficient (Wildman–Crippen LogP) is 3.14. The van der Waals surface area contributed by atoms with E-state index >= 15 is 0 Å². The molecule has 0 atom stereocenters. The van der Waals surface area contributed by atoms with Crippen LogP contribution in [0, 0.1) is 3.57 Å². The van der Waals surface area contributed by atoms with Crippen molar-refractivity contribution in [1.82, 2.24) is 4.73 Å². The quantitative estimate of drug-likeness (QED) is 0.586. The van der Waals surface area contributed by atoms with E-state index in [2.05, 4.69) is 22.6 Å². The summed E-state index contributed by atoms with van der Waals surface area (Å²) in [5, 5.41) is 10.7. The van der Waals surface area contributed by atoms with Crippen LogP contribution in [0.25, 0.3) is 10.9 Å². The van der Waals surface area contributed by atoms with Crippen LogP contribution in [-0.4, -0.2) is 9.94 Å². The van der Waals surface area contributed by atoms with Crippen LogP contribution in [0.4, 0.5) is 0 Å². The fourth-order valence-electron chi connectivity index (χ4n) is 1.15. The topological polar surface area (TPSA) is 25.2 Å². The minimum absolute atomic E-state index is 0.342. The predicted molar refractivity (Wildman–Crippen MR) is 56.8 cm³/mol. The first-order valence-corrected chi connectivity index (χ1v) is 4.80. The number of halogens is 2. The third-order valence-electron chi connectivity index (χ3n) is 1.72. The van der Waals surface area contributed by atoms with E-state index in [4.69, 9.17) is 11.6 Å². The molecule has 4 heteroatoms. The second kappa shape index (κ2) is 2.81. The van der Waals surface area contributed by atoms with Crippen molar-refractivity contribution in [3.05, 3.63) is 33.0 Å². The number of aromatic nitrogens is 1. The lowest BCUT2D eigenvalue weighted by molar-refractivity contribution is 0.201. The molecule has 12 heavy (non-hydrogen) atoms. The zero-order valence-electron chi connectivity index (χ0n) is 5.96. The van der Waals surface area contributed by atoms with Crippen LogP contribution >= 0.6 is 34.2 Å². The van der Waals surface area contributed by atoms with Gasteiger partial charge in [-0.2, -0.15) is 4.73 Å². The van der Waals surface area contributed by atoms with Crippen molar-refractivity contribution < 1.29 is 5.21 Å². The molecule has 0 saturated heterocycles. The van der Waals surface area contributed by atoms with Gasteiger partial charge in [0.1, 0.15) is 5.15 Å². The molecule has 0 unspecified atom stereocenters. The number of benzene rings is 1. The van der Waals surface area contributed by atoms with Gasteiger partial charge in [-0.25, -0.2) is 0 Å². The standard InChI is InChI=1S/C8H5ClINO/c9-8-4-5-6(10)2-1-3-7(5)11(8)12/h1-4,12H.